The van der Waals surface area contributed by atoms with Gasteiger partial charge in [0.05, 0.1) is 19.8 Å². The van der Waals surface area contributed by atoms with Crippen LogP contribution in [0.1, 0.15) is 16.7 Å². The highest BCUT2D eigenvalue weighted by Crippen LogP contribution is 2.18. The first kappa shape index (κ1) is 10.6. The highest BCUT2D eigenvalue weighted by atomic mass is 16.5. The van der Waals surface area contributed by atoms with Gasteiger partial charge in [0, 0.05) is 6.04 Å². The fourth-order valence-corrected chi connectivity index (χ4v) is 1.91. The Hall–Kier alpha value is -0.900. The number of ether oxygens (including phenoxy) is 1. The molecule has 2 rings (SSSR count). The third-order valence-electron chi connectivity index (χ3n) is 2.78. The van der Waals surface area contributed by atoms with Crippen molar-refractivity contribution in [3.05, 3.63) is 34.9 Å². The van der Waals surface area contributed by atoms with Crippen LogP contribution < -0.4 is 5.73 Å². The summed E-state index contributed by atoms with van der Waals surface area (Å²) in [4.78, 5) is 0. The van der Waals surface area contributed by atoms with Gasteiger partial charge in [0.25, 0.3) is 0 Å². The second-order valence-corrected chi connectivity index (χ2v) is 4.05. The molecule has 82 valence electrons. The predicted molar refractivity (Wildman–Crippen MR) is 58.6 cm³/mol. The average molecular weight is 207 g/mol. The molecule has 1 heterocycles. The van der Waals surface area contributed by atoms with Crippen molar-refractivity contribution in [2.24, 2.45) is 5.73 Å². The van der Waals surface area contributed by atoms with Crippen molar-refractivity contribution in [3.63, 3.8) is 0 Å². The third-order valence-corrected chi connectivity index (χ3v) is 2.78. The van der Waals surface area contributed by atoms with E-state index in [0.29, 0.717) is 0 Å². The molecule has 0 saturated heterocycles. The smallest absolute Gasteiger partial charge is 0.0719 e. The van der Waals surface area contributed by atoms with E-state index in [1.165, 1.54) is 16.7 Å². The fraction of sp³-hybridized carbons (Fsp3) is 0.500. The van der Waals surface area contributed by atoms with Gasteiger partial charge in [-0.25, -0.2) is 0 Å². The first-order valence-electron chi connectivity index (χ1n) is 5.34. The Morgan fingerprint density at radius 1 is 1.40 bits per heavy atom. The Balaban J connectivity index is 2.13. The number of fused-ring (bicyclic) bond motifs is 1. The minimum Gasteiger partial charge on any atom is -0.395 e. The summed E-state index contributed by atoms with van der Waals surface area (Å²) in [7, 11) is 0. The molecule has 0 bridgehead atoms. The van der Waals surface area contributed by atoms with E-state index in [-0.39, 0.29) is 12.6 Å². The molecule has 0 radical (unpaired) electrons. The summed E-state index contributed by atoms with van der Waals surface area (Å²) < 4.78 is 5.37. The number of rotatable bonds is 3. The molecule has 3 heteroatoms. The van der Waals surface area contributed by atoms with Gasteiger partial charge in [0.15, 0.2) is 0 Å². The van der Waals surface area contributed by atoms with Gasteiger partial charge in [-0.3, -0.25) is 0 Å². The number of hydrogen-bond donors (Lipinski definition) is 2. The van der Waals surface area contributed by atoms with Gasteiger partial charge < -0.3 is 15.6 Å². The second-order valence-electron chi connectivity index (χ2n) is 4.05. The zero-order chi connectivity index (χ0) is 10.7. The average Bonchev–Trinajstić information content (AvgIpc) is 2.29. The highest BCUT2D eigenvalue weighted by molar-refractivity contribution is 5.33. The van der Waals surface area contributed by atoms with Crippen LogP contribution in [0.15, 0.2) is 18.2 Å². The Morgan fingerprint density at radius 2 is 2.27 bits per heavy atom. The standard InChI is InChI=1S/C12H17NO2/c13-12(7-14)6-9-1-2-11-8-15-4-3-10(11)5-9/h1-2,5,12,14H,3-4,6-8,13H2. The maximum Gasteiger partial charge on any atom is 0.0719 e. The summed E-state index contributed by atoms with van der Waals surface area (Å²) in [6.07, 6.45) is 1.72. The van der Waals surface area contributed by atoms with Crippen molar-refractivity contribution in [1.29, 1.82) is 0 Å². The quantitative estimate of drug-likeness (QED) is 0.764. The lowest BCUT2D eigenvalue weighted by Gasteiger charge is -2.18. The maximum atomic E-state index is 8.89. The Morgan fingerprint density at radius 3 is 3.07 bits per heavy atom. The molecule has 0 spiro atoms. The molecule has 1 aliphatic heterocycles. The molecule has 3 N–H and O–H groups in total. The predicted octanol–water partition coefficient (Wildman–Crippen LogP) is 0.621. The van der Waals surface area contributed by atoms with E-state index in [0.717, 1.165) is 26.1 Å². The molecule has 1 aromatic rings. The molecule has 1 aliphatic rings. The second kappa shape index (κ2) is 4.75. The van der Waals surface area contributed by atoms with Crippen LogP contribution in [0.2, 0.25) is 0 Å². The van der Waals surface area contributed by atoms with Gasteiger partial charge in [-0.05, 0) is 29.5 Å². The van der Waals surface area contributed by atoms with Crippen LogP contribution >= 0.6 is 0 Å². The lowest BCUT2D eigenvalue weighted by molar-refractivity contribution is 0.110. The van der Waals surface area contributed by atoms with E-state index in [9.17, 15) is 0 Å². The Bertz CT molecular complexity index is 338. The van der Waals surface area contributed by atoms with E-state index in [2.05, 4.69) is 18.2 Å². The van der Waals surface area contributed by atoms with Gasteiger partial charge in [0.1, 0.15) is 0 Å². The molecule has 1 unspecified atom stereocenters. The third kappa shape index (κ3) is 2.56. The van der Waals surface area contributed by atoms with Gasteiger partial charge in [0.2, 0.25) is 0 Å². The molecule has 15 heavy (non-hydrogen) atoms. The van der Waals surface area contributed by atoms with Crippen LogP contribution in [-0.4, -0.2) is 24.4 Å². The van der Waals surface area contributed by atoms with E-state index in [1.807, 2.05) is 0 Å². The largest absolute Gasteiger partial charge is 0.395 e. The van der Waals surface area contributed by atoms with Gasteiger partial charge >= 0.3 is 0 Å². The van der Waals surface area contributed by atoms with Crippen molar-refractivity contribution < 1.29 is 9.84 Å². The summed E-state index contributed by atoms with van der Waals surface area (Å²) in [6.45, 7) is 1.57. The molecule has 3 nitrogen and oxygen atoms in total. The zero-order valence-electron chi connectivity index (χ0n) is 8.78. The molecule has 0 aromatic heterocycles. The van der Waals surface area contributed by atoms with Crippen molar-refractivity contribution >= 4 is 0 Å². The minimum absolute atomic E-state index is 0.0419. The Labute approximate surface area is 89.9 Å². The van der Waals surface area contributed by atoms with Crippen molar-refractivity contribution in [2.75, 3.05) is 13.2 Å². The summed E-state index contributed by atoms with van der Waals surface area (Å²) >= 11 is 0. The molecule has 0 fully saturated rings. The van der Waals surface area contributed by atoms with Crippen LogP contribution in [-0.2, 0) is 24.2 Å². The van der Waals surface area contributed by atoms with Crippen molar-refractivity contribution in [2.45, 2.75) is 25.5 Å². The minimum atomic E-state index is -0.150. The molecule has 0 saturated carbocycles. The zero-order valence-corrected chi connectivity index (χ0v) is 8.78. The molecule has 0 aliphatic carbocycles. The van der Waals surface area contributed by atoms with E-state index < -0.39 is 0 Å². The van der Waals surface area contributed by atoms with E-state index in [4.69, 9.17) is 15.6 Å². The Kier molecular flexibility index (Phi) is 3.36. The molecular weight excluding hydrogens is 190 g/mol. The molecule has 1 atom stereocenters. The molecular formula is C12H17NO2. The summed E-state index contributed by atoms with van der Waals surface area (Å²) in [5.74, 6) is 0. The van der Waals surface area contributed by atoms with Crippen LogP contribution in [0.25, 0.3) is 0 Å². The lowest BCUT2D eigenvalue weighted by Crippen LogP contribution is -2.27. The molecule has 1 aromatic carbocycles. The maximum absolute atomic E-state index is 8.89. The summed E-state index contributed by atoms with van der Waals surface area (Å²) in [6, 6.07) is 6.22. The van der Waals surface area contributed by atoms with Gasteiger partial charge in [-0.2, -0.15) is 0 Å². The lowest BCUT2D eigenvalue weighted by atomic mass is 9.97. The monoisotopic (exact) mass is 207 g/mol. The van der Waals surface area contributed by atoms with E-state index in [1.54, 1.807) is 0 Å². The van der Waals surface area contributed by atoms with Gasteiger partial charge in [-0.1, -0.05) is 18.2 Å². The van der Waals surface area contributed by atoms with Crippen LogP contribution in [0, 0.1) is 0 Å². The van der Waals surface area contributed by atoms with Crippen LogP contribution in [0.3, 0.4) is 0 Å². The number of nitrogens with two attached hydrogens (primary N) is 1. The summed E-state index contributed by atoms with van der Waals surface area (Å²) in [5.41, 5.74) is 9.56. The fourth-order valence-electron chi connectivity index (χ4n) is 1.91. The van der Waals surface area contributed by atoms with Crippen LogP contribution in [0.4, 0.5) is 0 Å². The SMILES string of the molecule is NC(CO)Cc1ccc2c(c1)CCOC2. The summed E-state index contributed by atoms with van der Waals surface area (Å²) in [5, 5.41) is 8.89. The highest BCUT2D eigenvalue weighted by Gasteiger charge is 2.10. The topological polar surface area (TPSA) is 55.5 Å². The number of aliphatic hydroxyl groups is 1. The van der Waals surface area contributed by atoms with Crippen LogP contribution in [0.5, 0.6) is 0 Å². The van der Waals surface area contributed by atoms with Gasteiger partial charge in [-0.15, -0.1) is 0 Å². The van der Waals surface area contributed by atoms with Crippen molar-refractivity contribution in [3.8, 4) is 0 Å². The first-order valence-corrected chi connectivity index (χ1v) is 5.34. The normalized spacial score (nSPS) is 17.2. The van der Waals surface area contributed by atoms with E-state index >= 15 is 0 Å². The number of aliphatic hydroxyl groups excluding tert-OH is 1. The van der Waals surface area contributed by atoms with Crippen molar-refractivity contribution in [1.82, 2.24) is 0 Å². The molecule has 0 amide bonds. The first-order chi connectivity index (χ1) is 7.29. The number of benzene rings is 1. The number of hydrogen-bond acceptors (Lipinski definition) is 3.